The van der Waals surface area contributed by atoms with Crippen LogP contribution in [0.2, 0.25) is 0 Å². The standard InChI is InChI=1S/C17H13F3N2O4S/c18-17(19,20)26-13-5-7-14(8-6-13)27(23,24)22-11-12-3-1-9-21-16(12)15-4-2-10-25-15/h1-10,22H,11H2. The monoisotopic (exact) mass is 398 g/mol. The highest BCUT2D eigenvalue weighted by molar-refractivity contribution is 7.89. The van der Waals surface area contributed by atoms with Gasteiger partial charge in [0.1, 0.15) is 11.4 Å². The summed E-state index contributed by atoms with van der Waals surface area (Å²) < 4.78 is 72.7. The molecule has 3 aromatic rings. The molecule has 10 heteroatoms. The van der Waals surface area contributed by atoms with Gasteiger partial charge in [-0.05, 0) is 48.0 Å². The molecule has 0 unspecified atom stereocenters. The molecule has 0 aliphatic rings. The number of nitrogens with one attached hydrogen (secondary N) is 1. The van der Waals surface area contributed by atoms with Gasteiger partial charge in [0.05, 0.1) is 11.2 Å². The quantitative estimate of drug-likeness (QED) is 0.685. The molecular weight excluding hydrogens is 385 g/mol. The minimum absolute atomic E-state index is 0.0764. The molecule has 1 N–H and O–H groups in total. The van der Waals surface area contributed by atoms with Gasteiger partial charge in [-0.1, -0.05) is 6.07 Å². The highest BCUT2D eigenvalue weighted by atomic mass is 32.2. The van der Waals surface area contributed by atoms with Crippen LogP contribution in [0.4, 0.5) is 13.2 Å². The number of halogens is 3. The summed E-state index contributed by atoms with van der Waals surface area (Å²) in [4.78, 5) is 3.99. The van der Waals surface area contributed by atoms with Gasteiger partial charge in [-0.2, -0.15) is 0 Å². The second kappa shape index (κ2) is 7.41. The number of furan rings is 1. The van der Waals surface area contributed by atoms with Crippen LogP contribution in [-0.4, -0.2) is 19.8 Å². The third-order valence-electron chi connectivity index (χ3n) is 3.47. The fourth-order valence-electron chi connectivity index (χ4n) is 2.29. The number of aromatic nitrogens is 1. The van der Waals surface area contributed by atoms with Crippen molar-refractivity contribution in [2.24, 2.45) is 0 Å². The summed E-state index contributed by atoms with van der Waals surface area (Å²) in [6, 6.07) is 10.6. The molecule has 2 aromatic heterocycles. The maximum atomic E-state index is 12.4. The van der Waals surface area contributed by atoms with Crippen molar-refractivity contribution in [2.75, 3.05) is 0 Å². The fraction of sp³-hybridized carbons (Fsp3) is 0.118. The number of benzene rings is 1. The number of rotatable bonds is 6. The maximum absolute atomic E-state index is 12.4. The number of sulfonamides is 1. The van der Waals surface area contributed by atoms with E-state index in [9.17, 15) is 21.6 Å². The second-order valence-electron chi connectivity index (χ2n) is 5.33. The maximum Gasteiger partial charge on any atom is 0.573 e. The number of hydrogen-bond donors (Lipinski definition) is 1. The second-order valence-corrected chi connectivity index (χ2v) is 7.10. The number of alkyl halides is 3. The lowest BCUT2D eigenvalue weighted by Crippen LogP contribution is -2.23. The molecule has 0 saturated heterocycles. The van der Waals surface area contributed by atoms with Crippen LogP contribution in [0.15, 0.2) is 70.3 Å². The average Bonchev–Trinajstić information content (AvgIpc) is 3.14. The predicted molar refractivity (Wildman–Crippen MR) is 89.1 cm³/mol. The van der Waals surface area contributed by atoms with Gasteiger partial charge in [0.2, 0.25) is 10.0 Å². The predicted octanol–water partition coefficient (Wildman–Crippen LogP) is 3.72. The van der Waals surface area contributed by atoms with E-state index in [-0.39, 0.29) is 11.4 Å². The Balaban J connectivity index is 1.75. The normalized spacial score (nSPS) is 12.1. The van der Waals surface area contributed by atoms with E-state index in [1.165, 1.54) is 6.26 Å². The molecule has 0 bridgehead atoms. The zero-order chi connectivity index (χ0) is 19.5. The van der Waals surface area contributed by atoms with Gasteiger partial charge in [-0.15, -0.1) is 13.2 Å². The van der Waals surface area contributed by atoms with Crippen LogP contribution in [-0.2, 0) is 16.6 Å². The number of ether oxygens (including phenoxy) is 1. The number of hydrogen-bond acceptors (Lipinski definition) is 5. The Morgan fingerprint density at radius 1 is 1.07 bits per heavy atom. The average molecular weight is 398 g/mol. The molecule has 0 amide bonds. The Kier molecular flexibility index (Phi) is 5.19. The van der Waals surface area contributed by atoms with Crippen molar-refractivity contribution in [3.63, 3.8) is 0 Å². The molecule has 6 nitrogen and oxygen atoms in total. The van der Waals surface area contributed by atoms with Crippen LogP contribution in [0.25, 0.3) is 11.5 Å². The molecule has 0 atom stereocenters. The van der Waals surface area contributed by atoms with Gasteiger partial charge < -0.3 is 9.15 Å². The Hall–Kier alpha value is -2.85. The first-order valence-electron chi connectivity index (χ1n) is 7.58. The van der Waals surface area contributed by atoms with Crippen molar-refractivity contribution >= 4 is 10.0 Å². The van der Waals surface area contributed by atoms with E-state index in [2.05, 4.69) is 14.4 Å². The van der Waals surface area contributed by atoms with Crippen LogP contribution >= 0.6 is 0 Å². The Morgan fingerprint density at radius 2 is 1.81 bits per heavy atom. The van der Waals surface area contributed by atoms with Gasteiger partial charge in [-0.3, -0.25) is 4.98 Å². The summed E-state index contributed by atoms with van der Waals surface area (Å²) in [5.41, 5.74) is 1.06. The Labute approximate surface area is 152 Å². The summed E-state index contributed by atoms with van der Waals surface area (Å²) in [6.45, 7) is -0.0764. The first-order valence-corrected chi connectivity index (χ1v) is 9.06. The van der Waals surface area contributed by atoms with Gasteiger partial charge in [0.15, 0.2) is 5.76 Å². The van der Waals surface area contributed by atoms with E-state index in [1.807, 2.05) is 0 Å². The van der Waals surface area contributed by atoms with Crippen LogP contribution < -0.4 is 9.46 Å². The van der Waals surface area contributed by atoms with E-state index < -0.39 is 22.1 Å². The van der Waals surface area contributed by atoms with Crippen molar-refractivity contribution in [3.8, 4) is 17.2 Å². The lowest BCUT2D eigenvalue weighted by Gasteiger charge is -2.11. The van der Waals surface area contributed by atoms with E-state index in [1.54, 1.807) is 30.5 Å². The summed E-state index contributed by atoms with van der Waals surface area (Å²) in [5.74, 6) is -0.0211. The third kappa shape index (κ3) is 4.86. The third-order valence-corrected chi connectivity index (χ3v) is 4.88. The summed E-state index contributed by atoms with van der Waals surface area (Å²) in [6.07, 6.45) is -1.82. The fourth-order valence-corrected chi connectivity index (χ4v) is 3.30. The minimum Gasteiger partial charge on any atom is -0.463 e. The van der Waals surface area contributed by atoms with E-state index in [0.29, 0.717) is 17.0 Å². The Bertz CT molecular complexity index is 1000. The van der Waals surface area contributed by atoms with E-state index >= 15 is 0 Å². The molecule has 0 fully saturated rings. The largest absolute Gasteiger partial charge is 0.573 e. The Morgan fingerprint density at radius 3 is 2.44 bits per heavy atom. The van der Waals surface area contributed by atoms with Gasteiger partial charge >= 0.3 is 6.36 Å². The zero-order valence-corrected chi connectivity index (χ0v) is 14.4. The molecule has 1 aromatic carbocycles. The minimum atomic E-state index is -4.85. The van der Waals surface area contributed by atoms with Crippen molar-refractivity contribution < 1.29 is 30.7 Å². The van der Waals surface area contributed by atoms with Crippen LogP contribution in [0.5, 0.6) is 5.75 Å². The molecule has 142 valence electrons. The molecule has 0 saturated carbocycles. The molecule has 0 spiro atoms. The highest BCUT2D eigenvalue weighted by Gasteiger charge is 2.31. The molecule has 0 aliphatic heterocycles. The van der Waals surface area contributed by atoms with E-state index in [4.69, 9.17) is 4.42 Å². The van der Waals surface area contributed by atoms with Crippen molar-refractivity contribution in [1.29, 1.82) is 0 Å². The van der Waals surface area contributed by atoms with Gasteiger partial charge in [-0.25, -0.2) is 13.1 Å². The van der Waals surface area contributed by atoms with Crippen molar-refractivity contribution in [1.82, 2.24) is 9.71 Å². The van der Waals surface area contributed by atoms with Gasteiger partial charge in [0, 0.05) is 12.7 Å². The first kappa shape index (κ1) is 18.9. The smallest absolute Gasteiger partial charge is 0.463 e. The summed E-state index contributed by atoms with van der Waals surface area (Å²) >= 11 is 0. The lowest BCUT2D eigenvalue weighted by molar-refractivity contribution is -0.274. The van der Waals surface area contributed by atoms with E-state index in [0.717, 1.165) is 24.3 Å². The SMILES string of the molecule is O=S(=O)(NCc1cccnc1-c1ccco1)c1ccc(OC(F)(F)F)cc1. The van der Waals surface area contributed by atoms with Crippen LogP contribution in [0, 0.1) is 0 Å². The molecule has 2 heterocycles. The number of pyridine rings is 1. The molecule has 0 aliphatic carbocycles. The van der Waals surface area contributed by atoms with Crippen molar-refractivity contribution in [2.45, 2.75) is 17.8 Å². The molecule has 0 radical (unpaired) electrons. The van der Waals surface area contributed by atoms with Crippen molar-refractivity contribution in [3.05, 3.63) is 66.6 Å². The molecule has 27 heavy (non-hydrogen) atoms. The first-order chi connectivity index (χ1) is 12.7. The lowest BCUT2D eigenvalue weighted by atomic mass is 10.1. The van der Waals surface area contributed by atoms with Gasteiger partial charge in [0.25, 0.3) is 0 Å². The molecular formula is C17H13F3N2O4S. The number of nitrogens with zero attached hydrogens (tertiary/aromatic N) is 1. The molecule has 3 rings (SSSR count). The highest BCUT2D eigenvalue weighted by Crippen LogP contribution is 2.25. The van der Waals surface area contributed by atoms with Crippen LogP contribution in [0.3, 0.4) is 0 Å². The zero-order valence-electron chi connectivity index (χ0n) is 13.6. The summed E-state index contributed by atoms with van der Waals surface area (Å²) in [7, 11) is -3.95. The summed E-state index contributed by atoms with van der Waals surface area (Å²) in [5, 5.41) is 0. The topological polar surface area (TPSA) is 81.4 Å². The van der Waals surface area contributed by atoms with Crippen LogP contribution in [0.1, 0.15) is 5.56 Å².